The molecule has 0 amide bonds. The molecule has 1 rings (SSSR count). The Morgan fingerprint density at radius 1 is 1.58 bits per heavy atom. The smallest absolute Gasteiger partial charge is 0.337 e. The molecular formula is C8H7ClO2S. The standard InChI is InChI=1S/C8H7ClO2S/c9-7-3-5(4-12)1-2-6(7)8(10)11/h1-3,12H,4H2,(H,10,11). The van der Waals surface area contributed by atoms with Crippen LogP contribution in [0.2, 0.25) is 5.02 Å². The van der Waals surface area contributed by atoms with E-state index in [-0.39, 0.29) is 10.6 Å². The lowest BCUT2D eigenvalue weighted by Crippen LogP contribution is -1.97. The van der Waals surface area contributed by atoms with Gasteiger partial charge in [0.15, 0.2) is 0 Å². The molecule has 0 bridgehead atoms. The molecule has 0 aromatic heterocycles. The highest BCUT2D eigenvalue weighted by Crippen LogP contribution is 2.18. The molecule has 1 aromatic rings. The first kappa shape index (κ1) is 9.42. The van der Waals surface area contributed by atoms with Crippen LogP contribution in [0.5, 0.6) is 0 Å². The first-order valence-electron chi connectivity index (χ1n) is 3.27. The highest BCUT2D eigenvalue weighted by molar-refractivity contribution is 7.79. The minimum atomic E-state index is -1.01. The van der Waals surface area contributed by atoms with Gasteiger partial charge in [0, 0.05) is 5.75 Å². The van der Waals surface area contributed by atoms with Crippen molar-refractivity contribution in [1.29, 1.82) is 0 Å². The van der Waals surface area contributed by atoms with Gasteiger partial charge in [0.1, 0.15) is 0 Å². The Morgan fingerprint density at radius 3 is 2.67 bits per heavy atom. The summed E-state index contributed by atoms with van der Waals surface area (Å²) in [6, 6.07) is 4.79. The van der Waals surface area contributed by atoms with Gasteiger partial charge >= 0.3 is 5.97 Å². The third-order valence-corrected chi connectivity index (χ3v) is 2.12. The van der Waals surface area contributed by atoms with Crippen molar-refractivity contribution in [3.05, 3.63) is 34.3 Å². The van der Waals surface area contributed by atoms with Crippen LogP contribution in [-0.4, -0.2) is 11.1 Å². The normalized spacial score (nSPS) is 9.83. The molecular weight excluding hydrogens is 196 g/mol. The van der Waals surface area contributed by atoms with Crippen molar-refractivity contribution < 1.29 is 9.90 Å². The molecule has 0 radical (unpaired) electrons. The van der Waals surface area contributed by atoms with E-state index in [1.807, 2.05) is 0 Å². The Kier molecular flexibility index (Phi) is 3.00. The molecule has 4 heteroatoms. The second kappa shape index (κ2) is 3.83. The van der Waals surface area contributed by atoms with Gasteiger partial charge in [-0.2, -0.15) is 12.6 Å². The number of carbonyl (C=O) groups is 1. The summed E-state index contributed by atoms with van der Waals surface area (Å²) in [4.78, 5) is 10.5. The highest BCUT2D eigenvalue weighted by Gasteiger charge is 2.07. The number of carboxylic acids is 1. The Balaban J connectivity index is 3.12. The summed E-state index contributed by atoms with van der Waals surface area (Å²) < 4.78 is 0. The molecule has 0 aliphatic rings. The van der Waals surface area contributed by atoms with Crippen molar-refractivity contribution in [3.8, 4) is 0 Å². The van der Waals surface area contributed by atoms with Crippen LogP contribution in [0.25, 0.3) is 0 Å². The van der Waals surface area contributed by atoms with E-state index in [1.54, 1.807) is 12.1 Å². The average molecular weight is 203 g/mol. The molecule has 0 atom stereocenters. The van der Waals surface area contributed by atoms with Crippen LogP contribution in [0.4, 0.5) is 0 Å². The molecule has 0 unspecified atom stereocenters. The molecule has 0 saturated carbocycles. The maximum absolute atomic E-state index is 10.5. The van der Waals surface area contributed by atoms with Gasteiger partial charge in [-0.25, -0.2) is 4.79 Å². The lowest BCUT2D eigenvalue weighted by atomic mass is 10.1. The van der Waals surface area contributed by atoms with E-state index in [1.165, 1.54) is 6.07 Å². The molecule has 2 nitrogen and oxygen atoms in total. The van der Waals surface area contributed by atoms with Crippen LogP contribution in [0.15, 0.2) is 18.2 Å². The summed E-state index contributed by atoms with van der Waals surface area (Å²) in [6.07, 6.45) is 0. The lowest BCUT2D eigenvalue weighted by Gasteiger charge is -2.00. The molecule has 1 aromatic carbocycles. The fourth-order valence-electron chi connectivity index (χ4n) is 0.830. The number of carboxylic acid groups (broad SMARTS) is 1. The Hall–Kier alpha value is -0.670. The fourth-order valence-corrected chi connectivity index (χ4v) is 1.31. The second-order valence-corrected chi connectivity index (χ2v) is 3.00. The van der Waals surface area contributed by atoms with Gasteiger partial charge in [-0.3, -0.25) is 0 Å². The number of aromatic carboxylic acids is 1. The monoisotopic (exact) mass is 202 g/mol. The zero-order chi connectivity index (χ0) is 9.14. The zero-order valence-corrected chi connectivity index (χ0v) is 7.77. The minimum Gasteiger partial charge on any atom is -0.478 e. The molecule has 0 spiro atoms. The van der Waals surface area contributed by atoms with E-state index in [0.29, 0.717) is 5.75 Å². The molecule has 0 fully saturated rings. The van der Waals surface area contributed by atoms with Crippen LogP contribution >= 0.6 is 24.2 Å². The quantitative estimate of drug-likeness (QED) is 0.723. The van der Waals surface area contributed by atoms with Crippen LogP contribution < -0.4 is 0 Å². The molecule has 64 valence electrons. The number of halogens is 1. The molecule has 12 heavy (non-hydrogen) atoms. The number of rotatable bonds is 2. The van der Waals surface area contributed by atoms with Crippen molar-refractivity contribution in [1.82, 2.24) is 0 Å². The van der Waals surface area contributed by atoms with Crippen molar-refractivity contribution in [2.24, 2.45) is 0 Å². The fraction of sp³-hybridized carbons (Fsp3) is 0.125. The second-order valence-electron chi connectivity index (χ2n) is 2.28. The van der Waals surface area contributed by atoms with Crippen LogP contribution in [0, 0.1) is 0 Å². The maximum atomic E-state index is 10.5. The van der Waals surface area contributed by atoms with Gasteiger partial charge in [-0.1, -0.05) is 17.7 Å². The van der Waals surface area contributed by atoms with Crippen molar-refractivity contribution >= 4 is 30.2 Å². The van der Waals surface area contributed by atoms with Gasteiger partial charge in [0.05, 0.1) is 10.6 Å². The van der Waals surface area contributed by atoms with Crippen LogP contribution in [-0.2, 0) is 5.75 Å². The van der Waals surface area contributed by atoms with Gasteiger partial charge in [0.2, 0.25) is 0 Å². The minimum absolute atomic E-state index is 0.127. The van der Waals surface area contributed by atoms with Crippen LogP contribution in [0.1, 0.15) is 15.9 Å². The summed E-state index contributed by atoms with van der Waals surface area (Å²) in [5.41, 5.74) is 1.04. The number of hydrogen-bond donors (Lipinski definition) is 2. The van der Waals surface area contributed by atoms with E-state index in [2.05, 4.69) is 12.6 Å². The molecule has 0 heterocycles. The third kappa shape index (κ3) is 1.93. The maximum Gasteiger partial charge on any atom is 0.337 e. The SMILES string of the molecule is O=C(O)c1ccc(CS)cc1Cl. The van der Waals surface area contributed by atoms with Crippen molar-refractivity contribution in [2.45, 2.75) is 5.75 Å². The van der Waals surface area contributed by atoms with E-state index < -0.39 is 5.97 Å². The summed E-state index contributed by atoms with van der Waals surface area (Å²) >= 11 is 9.73. The Bertz CT molecular complexity index is 312. The number of thiol groups is 1. The third-order valence-electron chi connectivity index (χ3n) is 1.45. The number of hydrogen-bond acceptors (Lipinski definition) is 2. The summed E-state index contributed by atoms with van der Waals surface area (Å²) in [6.45, 7) is 0. The molecule has 0 saturated heterocycles. The predicted octanol–water partition coefficient (Wildman–Crippen LogP) is 2.47. The Labute approximate surface area is 80.6 Å². The topological polar surface area (TPSA) is 37.3 Å². The average Bonchev–Trinajstić information content (AvgIpc) is 2.03. The van der Waals surface area contributed by atoms with Gasteiger partial charge in [0.25, 0.3) is 0 Å². The molecule has 1 N–H and O–H groups in total. The van der Waals surface area contributed by atoms with Crippen LogP contribution in [0.3, 0.4) is 0 Å². The summed E-state index contributed by atoms with van der Waals surface area (Å²) in [5, 5.41) is 8.88. The predicted molar refractivity (Wildman–Crippen MR) is 51.1 cm³/mol. The lowest BCUT2D eigenvalue weighted by molar-refractivity contribution is 0.0697. The van der Waals surface area contributed by atoms with Gasteiger partial charge < -0.3 is 5.11 Å². The Morgan fingerprint density at radius 2 is 2.25 bits per heavy atom. The summed E-state index contributed by atoms with van der Waals surface area (Å²) in [5.74, 6) is -0.453. The van der Waals surface area contributed by atoms with E-state index in [0.717, 1.165) is 5.56 Å². The largest absolute Gasteiger partial charge is 0.478 e. The van der Waals surface area contributed by atoms with Crippen molar-refractivity contribution in [2.75, 3.05) is 0 Å². The van der Waals surface area contributed by atoms with Gasteiger partial charge in [-0.15, -0.1) is 0 Å². The van der Waals surface area contributed by atoms with E-state index in [9.17, 15) is 4.79 Å². The first-order chi connectivity index (χ1) is 5.65. The molecule has 0 aliphatic heterocycles. The zero-order valence-electron chi connectivity index (χ0n) is 6.12. The van der Waals surface area contributed by atoms with Gasteiger partial charge in [-0.05, 0) is 17.7 Å². The molecule has 0 aliphatic carbocycles. The first-order valence-corrected chi connectivity index (χ1v) is 4.28. The number of benzene rings is 1. The van der Waals surface area contributed by atoms with E-state index in [4.69, 9.17) is 16.7 Å². The van der Waals surface area contributed by atoms with Crippen molar-refractivity contribution in [3.63, 3.8) is 0 Å². The summed E-state index contributed by atoms with van der Waals surface area (Å²) in [7, 11) is 0. The highest BCUT2D eigenvalue weighted by atomic mass is 35.5. The van der Waals surface area contributed by atoms with E-state index >= 15 is 0 Å².